The number of methoxy groups -OCH3 is 1. The van der Waals surface area contributed by atoms with Crippen molar-refractivity contribution in [3.8, 4) is 5.88 Å². The van der Waals surface area contributed by atoms with E-state index < -0.39 is 12.1 Å². The molecule has 0 aliphatic carbocycles. The normalized spacial score (nSPS) is 12.6. The van der Waals surface area contributed by atoms with E-state index in [1.54, 1.807) is 50.4 Å². The van der Waals surface area contributed by atoms with Gasteiger partial charge in [-0.05, 0) is 75.8 Å². The van der Waals surface area contributed by atoms with E-state index in [0.717, 1.165) is 17.2 Å². The van der Waals surface area contributed by atoms with E-state index in [1.165, 1.54) is 25.3 Å². The summed E-state index contributed by atoms with van der Waals surface area (Å²) in [6.07, 6.45) is -0.411. The predicted molar refractivity (Wildman–Crippen MR) is 135 cm³/mol. The number of nitrogens with zero attached hydrogens (tertiary/aromatic N) is 1. The van der Waals surface area contributed by atoms with Gasteiger partial charge in [0, 0.05) is 28.3 Å². The summed E-state index contributed by atoms with van der Waals surface area (Å²) in [5.41, 5.74) is 3.18. The zero-order chi connectivity index (χ0) is 25.8. The molecule has 0 bridgehead atoms. The molecule has 1 heterocycles. The molecule has 184 valence electrons. The van der Waals surface area contributed by atoms with Crippen molar-refractivity contribution in [2.75, 3.05) is 7.11 Å². The average Bonchev–Trinajstić information content (AvgIpc) is 2.80. The third-order valence-corrected chi connectivity index (χ3v) is 6.57. The van der Waals surface area contributed by atoms with Gasteiger partial charge in [0.15, 0.2) is 0 Å². The Labute approximate surface area is 215 Å². The number of alkyl halides is 3. The van der Waals surface area contributed by atoms with Crippen molar-refractivity contribution in [3.05, 3.63) is 97.6 Å². The van der Waals surface area contributed by atoms with E-state index >= 15 is 0 Å². The molecule has 1 atom stereocenters. The van der Waals surface area contributed by atoms with E-state index in [9.17, 15) is 18.0 Å². The first-order valence-corrected chi connectivity index (χ1v) is 11.7. The van der Waals surface area contributed by atoms with Crippen LogP contribution in [0, 0.1) is 13.8 Å². The second kappa shape index (κ2) is 11.3. The van der Waals surface area contributed by atoms with Crippen LogP contribution in [0.2, 0.25) is 5.02 Å². The predicted octanol–water partition coefficient (Wildman–Crippen LogP) is 7.41. The minimum absolute atomic E-state index is 0.0740. The Kier molecular flexibility index (Phi) is 8.61. The fraction of sp³-hybridized carbons (Fsp3) is 0.231. The molecule has 1 unspecified atom stereocenters. The lowest BCUT2D eigenvalue weighted by Gasteiger charge is -2.19. The van der Waals surface area contributed by atoms with Crippen LogP contribution in [-0.2, 0) is 6.54 Å². The number of carbonyl (C=O) groups is 1. The van der Waals surface area contributed by atoms with Gasteiger partial charge >= 0.3 is 6.18 Å². The molecule has 0 radical (unpaired) electrons. The summed E-state index contributed by atoms with van der Waals surface area (Å²) in [6, 6.07) is 11.1. The van der Waals surface area contributed by atoms with Crippen LogP contribution < -0.4 is 10.1 Å². The summed E-state index contributed by atoms with van der Waals surface area (Å²) >= 11 is 9.48. The molecule has 0 aliphatic rings. The number of aromatic nitrogens is 1. The van der Waals surface area contributed by atoms with E-state index in [1.807, 2.05) is 0 Å². The third kappa shape index (κ3) is 6.86. The van der Waals surface area contributed by atoms with Crippen LogP contribution >= 0.6 is 27.5 Å². The van der Waals surface area contributed by atoms with Gasteiger partial charge in [-0.1, -0.05) is 42.0 Å². The monoisotopic (exact) mass is 566 g/mol. The standard InChI is InChI=1S/C26H23BrClF3N2O2/c1-15-10-19(12-23(28)16(15)2)21(26(29,30)31)8-5-17-4-7-20(22(27)11-17)25(34)33-14-18-6-9-24(35-3)32-13-18/h4-13,21H,14H2,1-3H3,(H,33,34)/b8-5+. The second-order valence-electron chi connectivity index (χ2n) is 7.95. The maximum Gasteiger partial charge on any atom is 0.399 e. The number of rotatable bonds is 7. The van der Waals surface area contributed by atoms with Gasteiger partial charge in [-0.15, -0.1) is 0 Å². The SMILES string of the molecule is COc1ccc(CNC(=O)c2ccc(/C=C/C(c3cc(C)c(C)c(Cl)c3)C(F)(F)F)cc2Br)cn1. The fourth-order valence-electron chi connectivity index (χ4n) is 3.37. The number of halogens is 5. The number of nitrogens with one attached hydrogen (secondary N) is 1. The first-order valence-electron chi connectivity index (χ1n) is 10.6. The van der Waals surface area contributed by atoms with Crippen molar-refractivity contribution in [2.24, 2.45) is 0 Å². The number of allylic oxidation sites excluding steroid dienone is 1. The molecule has 3 rings (SSSR count). The highest BCUT2D eigenvalue weighted by atomic mass is 79.9. The van der Waals surface area contributed by atoms with Crippen molar-refractivity contribution in [1.29, 1.82) is 0 Å². The zero-order valence-corrected chi connectivity index (χ0v) is 21.6. The van der Waals surface area contributed by atoms with Crippen molar-refractivity contribution < 1.29 is 22.7 Å². The highest BCUT2D eigenvalue weighted by Gasteiger charge is 2.39. The van der Waals surface area contributed by atoms with Crippen LogP contribution in [0.25, 0.3) is 6.08 Å². The number of aryl methyl sites for hydroxylation is 1. The number of ether oxygens (including phenoxy) is 1. The molecule has 0 fully saturated rings. The van der Waals surface area contributed by atoms with E-state index in [-0.39, 0.29) is 18.0 Å². The zero-order valence-electron chi connectivity index (χ0n) is 19.2. The van der Waals surface area contributed by atoms with Crippen LogP contribution in [0.3, 0.4) is 0 Å². The lowest BCUT2D eigenvalue weighted by atomic mass is 9.94. The summed E-state index contributed by atoms with van der Waals surface area (Å²) in [4.78, 5) is 16.7. The molecule has 1 N–H and O–H groups in total. The number of amides is 1. The largest absolute Gasteiger partial charge is 0.481 e. The Morgan fingerprint density at radius 2 is 1.94 bits per heavy atom. The van der Waals surface area contributed by atoms with Crippen molar-refractivity contribution in [3.63, 3.8) is 0 Å². The summed E-state index contributed by atoms with van der Waals surface area (Å²) in [7, 11) is 1.52. The van der Waals surface area contributed by atoms with Gasteiger partial charge in [-0.25, -0.2) is 4.98 Å². The van der Waals surface area contributed by atoms with Crippen LogP contribution in [0.1, 0.15) is 44.1 Å². The molecular formula is C26H23BrClF3N2O2. The van der Waals surface area contributed by atoms with E-state index in [4.69, 9.17) is 16.3 Å². The number of hydrogen-bond acceptors (Lipinski definition) is 3. The summed E-state index contributed by atoms with van der Waals surface area (Å²) in [6.45, 7) is 3.76. The third-order valence-electron chi connectivity index (χ3n) is 5.52. The molecule has 0 aliphatic heterocycles. The summed E-state index contributed by atoms with van der Waals surface area (Å²) in [5.74, 6) is -1.68. The molecule has 3 aromatic rings. The molecule has 2 aromatic carbocycles. The van der Waals surface area contributed by atoms with Gasteiger partial charge < -0.3 is 10.1 Å². The van der Waals surface area contributed by atoms with Gasteiger partial charge in [0.2, 0.25) is 5.88 Å². The number of pyridine rings is 1. The number of carbonyl (C=O) groups excluding carboxylic acids is 1. The first kappa shape index (κ1) is 26.8. The highest BCUT2D eigenvalue weighted by molar-refractivity contribution is 9.10. The molecule has 9 heteroatoms. The molecule has 4 nitrogen and oxygen atoms in total. The van der Waals surface area contributed by atoms with E-state index in [2.05, 4.69) is 26.2 Å². The van der Waals surface area contributed by atoms with E-state index in [0.29, 0.717) is 32.1 Å². The van der Waals surface area contributed by atoms with Gasteiger partial charge in [0.1, 0.15) is 0 Å². The Morgan fingerprint density at radius 1 is 1.20 bits per heavy atom. The minimum Gasteiger partial charge on any atom is -0.481 e. The van der Waals surface area contributed by atoms with Crippen LogP contribution in [0.5, 0.6) is 5.88 Å². The molecule has 1 aromatic heterocycles. The lowest BCUT2D eigenvalue weighted by Crippen LogP contribution is -2.23. The quantitative estimate of drug-likeness (QED) is 0.323. The maximum atomic E-state index is 13.8. The van der Waals surface area contributed by atoms with Crippen molar-refractivity contribution in [1.82, 2.24) is 10.3 Å². The Bertz CT molecular complexity index is 1220. The average molecular weight is 568 g/mol. The topological polar surface area (TPSA) is 51.2 Å². The van der Waals surface area contributed by atoms with Crippen LogP contribution in [0.15, 0.2) is 59.2 Å². The Morgan fingerprint density at radius 3 is 2.51 bits per heavy atom. The molecule has 0 saturated heterocycles. The van der Waals surface area contributed by atoms with Gasteiger partial charge in [0.05, 0.1) is 18.6 Å². The van der Waals surface area contributed by atoms with Crippen molar-refractivity contribution in [2.45, 2.75) is 32.5 Å². The first-order chi connectivity index (χ1) is 16.5. The molecule has 35 heavy (non-hydrogen) atoms. The summed E-state index contributed by atoms with van der Waals surface area (Å²) in [5, 5.41) is 3.09. The minimum atomic E-state index is -4.49. The lowest BCUT2D eigenvalue weighted by molar-refractivity contribution is -0.139. The molecular weight excluding hydrogens is 545 g/mol. The summed E-state index contributed by atoms with van der Waals surface area (Å²) < 4.78 is 46.9. The number of hydrogen-bond donors (Lipinski definition) is 1. The number of benzene rings is 2. The van der Waals surface area contributed by atoms with Crippen LogP contribution in [-0.4, -0.2) is 24.2 Å². The van der Waals surface area contributed by atoms with Crippen molar-refractivity contribution >= 4 is 39.5 Å². The molecule has 1 amide bonds. The highest BCUT2D eigenvalue weighted by Crippen LogP contribution is 2.38. The molecule has 0 spiro atoms. The smallest absolute Gasteiger partial charge is 0.399 e. The fourth-order valence-corrected chi connectivity index (χ4v) is 4.22. The maximum absolute atomic E-state index is 13.8. The van der Waals surface area contributed by atoms with Gasteiger partial charge in [-0.3, -0.25) is 4.79 Å². The Hall–Kier alpha value is -2.84. The van der Waals surface area contributed by atoms with Gasteiger partial charge in [-0.2, -0.15) is 13.2 Å². The van der Waals surface area contributed by atoms with Crippen LogP contribution in [0.4, 0.5) is 13.2 Å². The Balaban J connectivity index is 1.76. The van der Waals surface area contributed by atoms with Gasteiger partial charge in [0.25, 0.3) is 5.91 Å². The molecule has 0 saturated carbocycles. The second-order valence-corrected chi connectivity index (χ2v) is 9.22.